The Morgan fingerprint density at radius 3 is 2.71 bits per heavy atom. The van der Waals surface area contributed by atoms with Crippen molar-refractivity contribution in [2.24, 2.45) is 0 Å². The van der Waals surface area contributed by atoms with Gasteiger partial charge >= 0.3 is 0 Å². The van der Waals surface area contributed by atoms with E-state index < -0.39 is 5.82 Å². The summed E-state index contributed by atoms with van der Waals surface area (Å²) < 4.78 is 27.7. The highest BCUT2D eigenvalue weighted by Gasteiger charge is 2.24. The van der Waals surface area contributed by atoms with E-state index in [2.05, 4.69) is 32.1 Å². The topological polar surface area (TPSA) is 73.4 Å². The standard InChI is InChI=1S/C26H26F2N6O/c1-2-24(35)33-11-3-4-21(16-33)30-25-23(28)13-29-26(32-25)31-20-8-5-17-14-34(15-18(17)12-20)22-9-6-19(27)7-10-22/h2,5-10,12-13,21H,1,3-4,11,14-16H2,(H2,29,30,31,32). The minimum absolute atomic E-state index is 0.101. The zero-order chi connectivity index (χ0) is 24.4. The van der Waals surface area contributed by atoms with Crippen LogP contribution in [-0.2, 0) is 17.9 Å². The summed E-state index contributed by atoms with van der Waals surface area (Å²) in [6.07, 6.45) is 4.06. The molecule has 3 heterocycles. The third-order valence-electron chi connectivity index (χ3n) is 6.37. The van der Waals surface area contributed by atoms with E-state index in [1.807, 2.05) is 18.2 Å². The molecule has 0 bridgehead atoms. The number of benzene rings is 2. The van der Waals surface area contributed by atoms with Crippen LogP contribution < -0.4 is 15.5 Å². The number of hydrogen-bond donors (Lipinski definition) is 2. The number of halogens is 2. The lowest BCUT2D eigenvalue weighted by Crippen LogP contribution is -2.44. The summed E-state index contributed by atoms with van der Waals surface area (Å²) in [5, 5.41) is 6.29. The number of likely N-dealkylation sites (tertiary alicyclic amines) is 1. The van der Waals surface area contributed by atoms with Gasteiger partial charge in [-0.05, 0) is 66.4 Å². The van der Waals surface area contributed by atoms with E-state index >= 15 is 0 Å². The third-order valence-corrected chi connectivity index (χ3v) is 6.37. The zero-order valence-corrected chi connectivity index (χ0v) is 19.2. The molecule has 1 fully saturated rings. The van der Waals surface area contributed by atoms with Gasteiger partial charge < -0.3 is 20.4 Å². The first kappa shape index (κ1) is 22.8. The van der Waals surface area contributed by atoms with Crippen LogP contribution >= 0.6 is 0 Å². The van der Waals surface area contributed by atoms with E-state index in [0.29, 0.717) is 19.6 Å². The summed E-state index contributed by atoms with van der Waals surface area (Å²) >= 11 is 0. The molecule has 35 heavy (non-hydrogen) atoms. The molecule has 2 aromatic carbocycles. The van der Waals surface area contributed by atoms with E-state index in [1.165, 1.54) is 23.8 Å². The molecular weight excluding hydrogens is 450 g/mol. The van der Waals surface area contributed by atoms with Crippen LogP contribution in [0.4, 0.5) is 31.9 Å². The number of carbonyl (C=O) groups is 1. The normalized spacial score (nSPS) is 17.1. The van der Waals surface area contributed by atoms with E-state index in [9.17, 15) is 13.6 Å². The molecule has 0 spiro atoms. The molecule has 1 saturated heterocycles. The number of nitrogens with one attached hydrogen (secondary N) is 2. The fraction of sp³-hybridized carbons (Fsp3) is 0.269. The van der Waals surface area contributed by atoms with E-state index in [1.54, 1.807) is 17.0 Å². The number of nitrogens with zero attached hydrogens (tertiary/aromatic N) is 4. The summed E-state index contributed by atoms with van der Waals surface area (Å²) in [5.41, 5.74) is 4.10. The Labute approximate surface area is 202 Å². The van der Waals surface area contributed by atoms with Gasteiger partial charge in [-0.2, -0.15) is 4.98 Å². The first-order valence-electron chi connectivity index (χ1n) is 11.6. The number of rotatable bonds is 6. The molecule has 2 aliphatic heterocycles. The van der Waals surface area contributed by atoms with Gasteiger partial charge in [-0.1, -0.05) is 12.6 Å². The quantitative estimate of drug-likeness (QED) is 0.507. The molecule has 2 aliphatic rings. The Morgan fingerprint density at radius 2 is 1.91 bits per heavy atom. The Hall–Kier alpha value is -4.01. The molecule has 180 valence electrons. The summed E-state index contributed by atoms with van der Waals surface area (Å²) in [7, 11) is 0. The molecular formula is C26H26F2N6O. The second kappa shape index (κ2) is 9.69. The summed E-state index contributed by atoms with van der Waals surface area (Å²) in [5.74, 6) is -0.555. The van der Waals surface area contributed by atoms with Gasteiger partial charge in [-0.15, -0.1) is 0 Å². The van der Waals surface area contributed by atoms with Gasteiger partial charge in [-0.25, -0.2) is 13.8 Å². The lowest BCUT2D eigenvalue weighted by atomic mass is 10.1. The predicted molar refractivity (Wildman–Crippen MR) is 131 cm³/mol. The van der Waals surface area contributed by atoms with Crippen LogP contribution in [0.2, 0.25) is 0 Å². The Kier molecular flexibility index (Phi) is 6.31. The number of anilines is 4. The number of amides is 1. The molecule has 0 saturated carbocycles. The predicted octanol–water partition coefficient (Wildman–Crippen LogP) is 4.61. The summed E-state index contributed by atoms with van der Waals surface area (Å²) in [6.45, 7) is 6.12. The van der Waals surface area contributed by atoms with Gasteiger partial charge in [0.2, 0.25) is 11.9 Å². The Balaban J connectivity index is 1.26. The average molecular weight is 477 g/mol. The number of carbonyl (C=O) groups excluding carboxylic acids is 1. The maximum Gasteiger partial charge on any atom is 0.246 e. The molecule has 0 radical (unpaired) electrons. The van der Waals surface area contributed by atoms with Gasteiger partial charge in [0.25, 0.3) is 0 Å². The number of fused-ring (bicyclic) bond motifs is 1. The highest BCUT2D eigenvalue weighted by Crippen LogP contribution is 2.31. The number of piperidine rings is 1. The number of aromatic nitrogens is 2. The third kappa shape index (κ3) is 5.08. The zero-order valence-electron chi connectivity index (χ0n) is 19.2. The minimum atomic E-state index is -0.549. The van der Waals surface area contributed by atoms with Gasteiger partial charge in [0, 0.05) is 43.6 Å². The molecule has 1 atom stereocenters. The second-order valence-corrected chi connectivity index (χ2v) is 8.80. The Bertz CT molecular complexity index is 1250. The van der Waals surface area contributed by atoms with Crippen molar-refractivity contribution in [3.05, 3.63) is 84.1 Å². The molecule has 1 aromatic heterocycles. The SMILES string of the molecule is C=CC(=O)N1CCCC(Nc2nc(Nc3ccc4c(c3)CN(c3ccc(F)cc3)C4)ncc2F)C1. The van der Waals surface area contributed by atoms with Crippen LogP contribution in [0.15, 0.2) is 61.3 Å². The van der Waals surface area contributed by atoms with Crippen molar-refractivity contribution in [2.75, 3.05) is 28.6 Å². The largest absolute Gasteiger partial charge is 0.363 e. The molecule has 7 nitrogen and oxygen atoms in total. The van der Waals surface area contributed by atoms with E-state index in [-0.39, 0.29) is 29.5 Å². The Morgan fingerprint density at radius 1 is 1.11 bits per heavy atom. The van der Waals surface area contributed by atoms with Crippen molar-refractivity contribution in [1.82, 2.24) is 14.9 Å². The van der Waals surface area contributed by atoms with Gasteiger partial charge in [-0.3, -0.25) is 4.79 Å². The fourth-order valence-electron chi connectivity index (χ4n) is 4.58. The van der Waals surface area contributed by atoms with Crippen molar-refractivity contribution in [3.63, 3.8) is 0 Å². The molecule has 2 N–H and O–H groups in total. The van der Waals surface area contributed by atoms with Crippen LogP contribution in [0.25, 0.3) is 0 Å². The maximum absolute atomic E-state index is 14.5. The molecule has 9 heteroatoms. The molecule has 0 aliphatic carbocycles. The first-order chi connectivity index (χ1) is 17.0. The second-order valence-electron chi connectivity index (χ2n) is 8.80. The minimum Gasteiger partial charge on any atom is -0.363 e. The van der Waals surface area contributed by atoms with E-state index in [0.717, 1.165) is 42.5 Å². The van der Waals surface area contributed by atoms with Crippen molar-refractivity contribution in [2.45, 2.75) is 32.0 Å². The highest BCUT2D eigenvalue weighted by molar-refractivity contribution is 5.87. The maximum atomic E-state index is 14.5. The van der Waals surface area contributed by atoms with Crippen molar-refractivity contribution in [1.29, 1.82) is 0 Å². The smallest absolute Gasteiger partial charge is 0.246 e. The van der Waals surface area contributed by atoms with Crippen LogP contribution in [0.1, 0.15) is 24.0 Å². The monoisotopic (exact) mass is 476 g/mol. The van der Waals surface area contributed by atoms with Gasteiger partial charge in [0.1, 0.15) is 5.82 Å². The fourth-order valence-corrected chi connectivity index (χ4v) is 4.58. The molecule has 5 rings (SSSR count). The van der Waals surface area contributed by atoms with Crippen LogP contribution in [0.5, 0.6) is 0 Å². The van der Waals surface area contributed by atoms with Crippen LogP contribution in [-0.4, -0.2) is 39.9 Å². The van der Waals surface area contributed by atoms with Crippen LogP contribution in [0.3, 0.4) is 0 Å². The molecule has 1 amide bonds. The van der Waals surface area contributed by atoms with Crippen molar-refractivity contribution < 1.29 is 13.6 Å². The van der Waals surface area contributed by atoms with Crippen molar-refractivity contribution >= 4 is 29.0 Å². The van der Waals surface area contributed by atoms with Gasteiger partial charge in [0.05, 0.1) is 6.20 Å². The molecule has 1 unspecified atom stereocenters. The lowest BCUT2D eigenvalue weighted by Gasteiger charge is -2.32. The highest BCUT2D eigenvalue weighted by atomic mass is 19.1. The number of hydrogen-bond acceptors (Lipinski definition) is 6. The summed E-state index contributed by atoms with van der Waals surface area (Å²) in [6, 6.07) is 12.4. The summed E-state index contributed by atoms with van der Waals surface area (Å²) in [4.78, 5) is 24.2. The average Bonchev–Trinajstić information content (AvgIpc) is 3.29. The van der Waals surface area contributed by atoms with Gasteiger partial charge in [0.15, 0.2) is 11.6 Å². The van der Waals surface area contributed by atoms with E-state index in [4.69, 9.17) is 0 Å². The first-order valence-corrected chi connectivity index (χ1v) is 11.6. The molecule has 3 aromatic rings. The lowest BCUT2D eigenvalue weighted by molar-refractivity contribution is -0.127. The van der Waals surface area contributed by atoms with Crippen molar-refractivity contribution in [3.8, 4) is 0 Å². The van der Waals surface area contributed by atoms with Crippen LogP contribution in [0, 0.1) is 11.6 Å².